The van der Waals surface area contributed by atoms with Crippen LogP contribution in [-0.4, -0.2) is 34.6 Å². The Balaban J connectivity index is 1.54. The largest absolute Gasteiger partial charge is 0.494 e. The molecule has 0 unspecified atom stereocenters. The lowest BCUT2D eigenvalue weighted by Gasteiger charge is -2.05. The number of benzene rings is 2. The second-order valence-corrected chi connectivity index (χ2v) is 7.04. The number of imidazole rings is 1. The minimum absolute atomic E-state index is 0.300. The molecule has 2 aromatic carbocycles. The molecule has 0 aliphatic carbocycles. The highest BCUT2D eigenvalue weighted by Crippen LogP contribution is 2.39. The third-order valence-corrected chi connectivity index (χ3v) is 5.24. The van der Waals surface area contributed by atoms with Gasteiger partial charge >= 0.3 is 6.03 Å². The van der Waals surface area contributed by atoms with Crippen LogP contribution in [0.4, 0.5) is 9.93 Å². The van der Waals surface area contributed by atoms with Gasteiger partial charge in [-0.1, -0.05) is 41.7 Å². The van der Waals surface area contributed by atoms with E-state index in [0.717, 1.165) is 27.2 Å². The van der Waals surface area contributed by atoms with E-state index >= 15 is 0 Å². The third kappa shape index (κ3) is 3.81. The van der Waals surface area contributed by atoms with Gasteiger partial charge in [-0.25, -0.2) is 14.8 Å². The van der Waals surface area contributed by atoms with E-state index in [2.05, 4.69) is 37.7 Å². The first-order valence-corrected chi connectivity index (χ1v) is 9.62. The van der Waals surface area contributed by atoms with Gasteiger partial charge in [-0.15, -0.1) is 0 Å². The normalized spacial score (nSPS) is 10.8. The highest BCUT2D eigenvalue weighted by Gasteiger charge is 2.15. The van der Waals surface area contributed by atoms with Crippen LogP contribution in [0.5, 0.6) is 5.75 Å². The van der Waals surface area contributed by atoms with E-state index in [0.29, 0.717) is 23.8 Å². The fourth-order valence-corrected chi connectivity index (χ4v) is 3.93. The molecule has 4 aromatic rings. The number of thiazole rings is 1. The number of ether oxygens (including phenoxy) is 1. The summed E-state index contributed by atoms with van der Waals surface area (Å²) in [6, 6.07) is 13.7. The highest BCUT2D eigenvalue weighted by molar-refractivity contribution is 7.23. The van der Waals surface area contributed by atoms with E-state index in [1.807, 2.05) is 30.3 Å². The summed E-state index contributed by atoms with van der Waals surface area (Å²) in [6.45, 7) is 0.475. The molecule has 7 nitrogen and oxygen atoms in total. The zero-order chi connectivity index (χ0) is 19.3. The summed E-state index contributed by atoms with van der Waals surface area (Å²) in [5, 5.41) is 6.15. The molecule has 4 rings (SSSR count). The van der Waals surface area contributed by atoms with Crippen molar-refractivity contribution in [1.29, 1.82) is 0 Å². The number of urea groups is 1. The van der Waals surface area contributed by atoms with Crippen LogP contribution in [0.25, 0.3) is 21.3 Å². The van der Waals surface area contributed by atoms with Gasteiger partial charge in [0.05, 0.1) is 11.8 Å². The number of rotatable bonds is 6. The van der Waals surface area contributed by atoms with E-state index in [-0.39, 0.29) is 6.03 Å². The minimum atomic E-state index is -0.300. The molecular weight excluding hydrogens is 374 g/mol. The lowest BCUT2D eigenvalue weighted by molar-refractivity contribution is 0.252. The molecule has 2 aromatic heterocycles. The van der Waals surface area contributed by atoms with Gasteiger partial charge in [-0.3, -0.25) is 5.32 Å². The van der Waals surface area contributed by atoms with Crippen molar-refractivity contribution in [2.75, 3.05) is 19.0 Å². The Morgan fingerprint density at radius 3 is 2.82 bits per heavy atom. The average molecular weight is 393 g/mol. The molecule has 2 amide bonds. The lowest BCUT2D eigenvalue weighted by atomic mass is 10.1. The van der Waals surface area contributed by atoms with E-state index in [1.54, 1.807) is 19.5 Å². The molecule has 0 spiro atoms. The molecule has 0 aliphatic rings. The Kier molecular flexibility index (Phi) is 5.20. The molecule has 2 heterocycles. The van der Waals surface area contributed by atoms with Gasteiger partial charge in [0.2, 0.25) is 0 Å². The van der Waals surface area contributed by atoms with Crippen molar-refractivity contribution in [3.8, 4) is 16.9 Å². The Hall–Kier alpha value is -3.39. The van der Waals surface area contributed by atoms with Crippen LogP contribution in [-0.2, 0) is 6.42 Å². The summed E-state index contributed by atoms with van der Waals surface area (Å²) in [5.74, 6) is 1.51. The molecule has 0 aliphatic heterocycles. The molecule has 0 fully saturated rings. The van der Waals surface area contributed by atoms with Crippen molar-refractivity contribution in [2.24, 2.45) is 0 Å². The highest BCUT2D eigenvalue weighted by atomic mass is 32.1. The number of nitrogens with one attached hydrogen (secondary N) is 3. The van der Waals surface area contributed by atoms with Crippen molar-refractivity contribution in [3.05, 3.63) is 60.7 Å². The van der Waals surface area contributed by atoms with E-state index in [9.17, 15) is 4.79 Å². The van der Waals surface area contributed by atoms with Gasteiger partial charge in [-0.2, -0.15) is 0 Å². The number of aromatic amines is 1. The molecular formula is C20H19N5O2S. The van der Waals surface area contributed by atoms with Gasteiger partial charge in [0, 0.05) is 30.9 Å². The number of carbonyl (C=O) groups excluding carboxylic acids is 1. The number of nitrogens with zero attached hydrogens (tertiary/aromatic N) is 2. The molecule has 8 heteroatoms. The van der Waals surface area contributed by atoms with Gasteiger partial charge < -0.3 is 15.0 Å². The predicted octanol–water partition coefficient (Wildman–Crippen LogP) is 4.06. The number of hydrogen-bond donors (Lipinski definition) is 3. The summed E-state index contributed by atoms with van der Waals surface area (Å²) in [5.41, 5.74) is 2.88. The second kappa shape index (κ2) is 8.10. The van der Waals surface area contributed by atoms with Crippen molar-refractivity contribution in [2.45, 2.75) is 6.42 Å². The van der Waals surface area contributed by atoms with Gasteiger partial charge in [0.1, 0.15) is 17.1 Å². The quantitative estimate of drug-likeness (QED) is 0.461. The molecule has 0 atom stereocenters. The predicted molar refractivity (Wildman–Crippen MR) is 111 cm³/mol. The second-order valence-electron chi connectivity index (χ2n) is 6.04. The Morgan fingerprint density at radius 2 is 2.07 bits per heavy atom. The number of anilines is 1. The first-order chi connectivity index (χ1) is 13.7. The molecule has 0 bridgehead atoms. The van der Waals surface area contributed by atoms with Crippen LogP contribution in [0.1, 0.15) is 5.82 Å². The number of carbonyl (C=O) groups is 1. The maximum atomic E-state index is 12.2. The smallest absolute Gasteiger partial charge is 0.321 e. The minimum Gasteiger partial charge on any atom is -0.494 e. The van der Waals surface area contributed by atoms with Crippen LogP contribution < -0.4 is 15.4 Å². The zero-order valence-electron chi connectivity index (χ0n) is 15.2. The molecule has 0 radical (unpaired) electrons. The topological polar surface area (TPSA) is 91.9 Å². The Morgan fingerprint density at radius 1 is 1.21 bits per heavy atom. The van der Waals surface area contributed by atoms with Crippen LogP contribution in [0.15, 0.2) is 54.9 Å². The van der Waals surface area contributed by atoms with Crippen molar-refractivity contribution >= 4 is 32.7 Å². The summed E-state index contributed by atoms with van der Waals surface area (Å²) in [4.78, 5) is 23.9. The molecule has 28 heavy (non-hydrogen) atoms. The number of aromatic nitrogens is 3. The van der Waals surface area contributed by atoms with Crippen molar-refractivity contribution < 1.29 is 9.53 Å². The average Bonchev–Trinajstić information content (AvgIpc) is 3.37. The maximum Gasteiger partial charge on any atom is 0.321 e. The monoisotopic (exact) mass is 393 g/mol. The van der Waals surface area contributed by atoms with Crippen LogP contribution in [0.3, 0.4) is 0 Å². The van der Waals surface area contributed by atoms with E-state index < -0.39 is 0 Å². The molecule has 142 valence electrons. The maximum absolute atomic E-state index is 12.2. The number of fused-ring (bicyclic) bond motifs is 1. The van der Waals surface area contributed by atoms with Crippen LogP contribution in [0, 0.1) is 0 Å². The van der Waals surface area contributed by atoms with Gasteiger partial charge in [0.25, 0.3) is 0 Å². The molecule has 0 saturated carbocycles. The van der Waals surface area contributed by atoms with Crippen LogP contribution >= 0.6 is 11.3 Å². The first kappa shape index (κ1) is 18.0. The lowest BCUT2D eigenvalue weighted by Crippen LogP contribution is -2.30. The Bertz CT molecular complexity index is 1080. The molecule has 3 N–H and O–H groups in total. The SMILES string of the molecule is COc1ccc(-c2ccccc2)c2sc(NC(=O)NCCc3ncc[nH]3)nc12. The summed E-state index contributed by atoms with van der Waals surface area (Å²) >= 11 is 1.43. The third-order valence-electron chi connectivity index (χ3n) is 4.23. The van der Waals surface area contributed by atoms with E-state index in [1.165, 1.54) is 11.3 Å². The zero-order valence-corrected chi connectivity index (χ0v) is 16.0. The van der Waals surface area contributed by atoms with E-state index in [4.69, 9.17) is 4.74 Å². The standard InChI is InChI=1S/C20H19N5O2S/c1-27-15-8-7-14(13-5-3-2-4-6-13)18-17(15)24-20(28-18)25-19(26)23-10-9-16-21-11-12-22-16/h2-8,11-12H,9-10H2,1H3,(H,21,22)(H2,23,24,25,26). The summed E-state index contributed by atoms with van der Waals surface area (Å²) < 4.78 is 6.42. The number of amides is 2. The fraction of sp³-hybridized carbons (Fsp3) is 0.150. The van der Waals surface area contributed by atoms with Gasteiger partial charge in [-0.05, 0) is 17.7 Å². The van der Waals surface area contributed by atoms with Gasteiger partial charge in [0.15, 0.2) is 5.13 Å². The summed E-state index contributed by atoms with van der Waals surface area (Å²) in [6.07, 6.45) is 4.08. The number of methoxy groups -OCH3 is 1. The Labute approximate surface area is 165 Å². The number of H-pyrrole nitrogens is 1. The number of hydrogen-bond acceptors (Lipinski definition) is 5. The fourth-order valence-electron chi connectivity index (χ4n) is 2.92. The van der Waals surface area contributed by atoms with Crippen molar-refractivity contribution in [3.63, 3.8) is 0 Å². The van der Waals surface area contributed by atoms with Crippen molar-refractivity contribution in [1.82, 2.24) is 20.3 Å². The van der Waals surface area contributed by atoms with Crippen LogP contribution in [0.2, 0.25) is 0 Å². The first-order valence-electron chi connectivity index (χ1n) is 8.80. The molecule has 0 saturated heterocycles. The summed E-state index contributed by atoms with van der Waals surface area (Å²) in [7, 11) is 1.62.